The molecular formula is C33H43F7O3Si. The van der Waals surface area contributed by atoms with Gasteiger partial charge in [0.2, 0.25) is 0 Å². The number of alkyl halides is 6. The van der Waals surface area contributed by atoms with Gasteiger partial charge in [-0.05, 0) is 110 Å². The third kappa shape index (κ3) is 7.53. The molecule has 2 aromatic rings. The molecule has 44 heavy (non-hydrogen) atoms. The van der Waals surface area contributed by atoms with Gasteiger partial charge >= 0.3 is 12.4 Å². The molecule has 0 bridgehead atoms. The van der Waals surface area contributed by atoms with E-state index in [0.29, 0.717) is 44.4 Å². The average molecular weight is 649 g/mol. The van der Waals surface area contributed by atoms with Gasteiger partial charge in [0.05, 0.1) is 23.3 Å². The molecule has 0 heterocycles. The highest BCUT2D eigenvalue weighted by Gasteiger charge is 2.53. The lowest BCUT2D eigenvalue weighted by atomic mass is 9.74. The number of rotatable bonds is 9. The molecule has 11 heteroatoms. The van der Waals surface area contributed by atoms with Gasteiger partial charge in [-0.25, -0.2) is 4.39 Å². The molecule has 0 spiro atoms. The van der Waals surface area contributed by atoms with Crippen LogP contribution in [0.15, 0.2) is 42.5 Å². The Balaban J connectivity index is 1.71. The fraction of sp³-hybridized carbons (Fsp3) is 0.636. The van der Waals surface area contributed by atoms with Crippen LogP contribution in [-0.4, -0.2) is 32.2 Å². The van der Waals surface area contributed by atoms with Gasteiger partial charge in [0, 0.05) is 12.5 Å². The van der Waals surface area contributed by atoms with Crippen LogP contribution in [0.4, 0.5) is 30.7 Å². The molecule has 0 radical (unpaired) electrons. The molecule has 1 N–H and O–H groups in total. The third-order valence-corrected chi connectivity index (χ3v) is 14.7. The van der Waals surface area contributed by atoms with Crippen molar-refractivity contribution in [2.45, 2.75) is 107 Å². The van der Waals surface area contributed by atoms with E-state index in [-0.39, 0.29) is 34.4 Å². The molecule has 5 atom stereocenters. The van der Waals surface area contributed by atoms with E-state index in [0.717, 1.165) is 18.4 Å². The Morgan fingerprint density at radius 2 is 1.50 bits per heavy atom. The topological polar surface area (TPSA) is 38.7 Å². The standard InChI is InChI=1S/C33H43F7O3Si/c1-30(2,3)44(4,5)42-20-21-8-11-24(15-21)31(14-6-7-28(31)22-9-12-27(34)13-10-22)43-29(19-41)23-16-25(32(35,36)37)18-26(17-23)33(38,39)40/h9-10,12-13,16-18,21,24,28-29,41H,6-8,11,14-15,19-20H2,1-5H3/t21?,24?,28?,29-,31?/m1/s1. The second-order valence-corrected chi connectivity index (χ2v) is 18.8. The Kier molecular flexibility index (Phi) is 10.1. The highest BCUT2D eigenvalue weighted by atomic mass is 28.4. The second-order valence-electron chi connectivity index (χ2n) is 14.0. The Morgan fingerprint density at radius 1 is 0.909 bits per heavy atom. The zero-order valence-corrected chi connectivity index (χ0v) is 26.9. The number of aliphatic hydroxyl groups excluding tert-OH is 1. The van der Waals surface area contributed by atoms with Gasteiger partial charge in [-0.3, -0.25) is 0 Å². The van der Waals surface area contributed by atoms with Gasteiger partial charge in [-0.2, -0.15) is 26.3 Å². The SMILES string of the molecule is CC(C)(C)[Si](C)(C)OCC1CCC(C2(O[C@H](CO)c3cc(C(F)(F)F)cc(C(F)(F)F)c3)CCCC2c2ccc(F)cc2)C1. The van der Waals surface area contributed by atoms with Crippen LogP contribution in [0.1, 0.15) is 93.6 Å². The summed E-state index contributed by atoms with van der Waals surface area (Å²) < 4.78 is 109. The van der Waals surface area contributed by atoms with E-state index in [1.807, 2.05) is 0 Å². The number of hydrogen-bond acceptors (Lipinski definition) is 3. The number of hydrogen-bond donors (Lipinski definition) is 1. The van der Waals surface area contributed by atoms with Crippen LogP contribution >= 0.6 is 0 Å². The molecular weight excluding hydrogens is 605 g/mol. The van der Waals surface area contributed by atoms with E-state index in [2.05, 4.69) is 33.9 Å². The van der Waals surface area contributed by atoms with Gasteiger partial charge in [0.1, 0.15) is 11.9 Å². The summed E-state index contributed by atoms with van der Waals surface area (Å²) in [6, 6.07) is 7.36. The minimum atomic E-state index is -5.03. The van der Waals surface area contributed by atoms with E-state index in [1.165, 1.54) is 12.1 Å². The van der Waals surface area contributed by atoms with Gasteiger partial charge < -0.3 is 14.3 Å². The number of ether oxygens (including phenoxy) is 1. The van der Waals surface area contributed by atoms with Crippen LogP contribution in [0, 0.1) is 17.7 Å². The van der Waals surface area contributed by atoms with Crippen molar-refractivity contribution >= 4 is 8.32 Å². The molecule has 2 aliphatic rings. The molecule has 2 aromatic carbocycles. The van der Waals surface area contributed by atoms with E-state index in [9.17, 15) is 35.8 Å². The number of benzene rings is 2. The monoisotopic (exact) mass is 648 g/mol. The first-order valence-corrected chi connectivity index (χ1v) is 18.1. The van der Waals surface area contributed by atoms with Crippen LogP contribution < -0.4 is 0 Å². The predicted molar refractivity (Wildman–Crippen MR) is 157 cm³/mol. The summed E-state index contributed by atoms with van der Waals surface area (Å²) in [4.78, 5) is 0. The lowest BCUT2D eigenvalue weighted by molar-refractivity contribution is -0.151. The fourth-order valence-electron chi connectivity index (χ4n) is 6.72. The quantitative estimate of drug-likeness (QED) is 0.217. The summed E-state index contributed by atoms with van der Waals surface area (Å²) in [7, 11) is -2.02. The van der Waals surface area contributed by atoms with Crippen molar-refractivity contribution in [3.05, 3.63) is 70.5 Å². The normalized spacial score (nSPS) is 25.9. The first-order valence-electron chi connectivity index (χ1n) is 15.2. The fourth-order valence-corrected chi connectivity index (χ4v) is 7.81. The van der Waals surface area contributed by atoms with E-state index < -0.39 is 55.9 Å². The average Bonchev–Trinajstić information content (AvgIpc) is 3.57. The molecule has 0 amide bonds. The molecule has 2 saturated carbocycles. The minimum absolute atomic E-state index is 0.0308. The van der Waals surface area contributed by atoms with Crippen LogP contribution in [0.5, 0.6) is 0 Å². The van der Waals surface area contributed by atoms with E-state index >= 15 is 0 Å². The summed E-state index contributed by atoms with van der Waals surface area (Å²) in [5, 5.41) is 10.5. The first kappa shape index (κ1) is 34.9. The second kappa shape index (κ2) is 12.7. The van der Waals surface area contributed by atoms with Crippen molar-refractivity contribution in [2.24, 2.45) is 11.8 Å². The summed E-state index contributed by atoms with van der Waals surface area (Å²) in [6.07, 6.45) is -7.33. The van der Waals surface area contributed by atoms with Crippen LogP contribution in [0.25, 0.3) is 0 Å². The summed E-state index contributed by atoms with van der Waals surface area (Å²) >= 11 is 0. The van der Waals surface area contributed by atoms with Crippen LogP contribution in [-0.2, 0) is 21.5 Å². The molecule has 4 unspecified atom stereocenters. The minimum Gasteiger partial charge on any atom is -0.417 e. The van der Waals surface area contributed by atoms with Gasteiger partial charge in [0.25, 0.3) is 0 Å². The number of aliphatic hydroxyl groups is 1. The maximum Gasteiger partial charge on any atom is 0.416 e. The van der Waals surface area contributed by atoms with Gasteiger partial charge in [-0.15, -0.1) is 0 Å². The van der Waals surface area contributed by atoms with Gasteiger partial charge in [-0.1, -0.05) is 32.9 Å². The lowest BCUT2D eigenvalue weighted by Gasteiger charge is -2.44. The number of halogens is 7. The molecule has 4 rings (SSSR count). The maximum absolute atomic E-state index is 13.9. The predicted octanol–water partition coefficient (Wildman–Crippen LogP) is 10.1. The molecule has 0 aliphatic heterocycles. The zero-order valence-electron chi connectivity index (χ0n) is 25.9. The van der Waals surface area contributed by atoms with Crippen LogP contribution in [0.3, 0.4) is 0 Å². The summed E-state index contributed by atoms with van der Waals surface area (Å²) in [5.41, 5.74) is -3.48. The van der Waals surface area contributed by atoms with Gasteiger partial charge in [0.15, 0.2) is 8.32 Å². The molecule has 0 saturated heterocycles. The zero-order chi connectivity index (χ0) is 32.7. The highest BCUT2D eigenvalue weighted by Crippen LogP contribution is 2.57. The van der Waals surface area contributed by atoms with Crippen molar-refractivity contribution in [3.8, 4) is 0 Å². The van der Waals surface area contributed by atoms with Crippen molar-refractivity contribution in [1.82, 2.24) is 0 Å². The Morgan fingerprint density at radius 3 is 2.02 bits per heavy atom. The third-order valence-electron chi connectivity index (χ3n) is 10.2. The molecule has 0 aromatic heterocycles. The molecule has 2 fully saturated rings. The first-order chi connectivity index (χ1) is 20.3. The van der Waals surface area contributed by atoms with Crippen molar-refractivity contribution < 1.29 is 45.0 Å². The van der Waals surface area contributed by atoms with E-state index in [1.54, 1.807) is 12.1 Å². The lowest BCUT2D eigenvalue weighted by Crippen LogP contribution is -2.44. The van der Waals surface area contributed by atoms with E-state index in [4.69, 9.17) is 9.16 Å². The highest BCUT2D eigenvalue weighted by molar-refractivity contribution is 6.74. The van der Waals surface area contributed by atoms with Crippen molar-refractivity contribution in [1.29, 1.82) is 0 Å². The van der Waals surface area contributed by atoms with Crippen molar-refractivity contribution in [2.75, 3.05) is 13.2 Å². The molecule has 2 aliphatic carbocycles. The smallest absolute Gasteiger partial charge is 0.416 e. The Bertz CT molecular complexity index is 1240. The largest absolute Gasteiger partial charge is 0.417 e. The molecule has 246 valence electrons. The summed E-state index contributed by atoms with van der Waals surface area (Å²) in [6.45, 7) is 10.6. The Labute approximate surface area is 256 Å². The van der Waals surface area contributed by atoms with Crippen molar-refractivity contribution in [3.63, 3.8) is 0 Å². The molecule has 3 nitrogen and oxygen atoms in total. The van der Waals surface area contributed by atoms with Crippen LogP contribution in [0.2, 0.25) is 18.1 Å². The summed E-state index contributed by atoms with van der Waals surface area (Å²) in [5.74, 6) is -0.578. The Hall–Kier alpha value is -1.95. The maximum atomic E-state index is 13.9.